The molecule has 0 amide bonds. The lowest BCUT2D eigenvalue weighted by molar-refractivity contribution is -0.0880. The lowest BCUT2D eigenvalue weighted by atomic mass is 10.1. The number of alkyl halides is 3. The van der Waals surface area contributed by atoms with E-state index in [1.807, 2.05) is 0 Å². The zero-order valence-corrected chi connectivity index (χ0v) is 11.5. The van der Waals surface area contributed by atoms with Gasteiger partial charge in [-0.2, -0.15) is 13.2 Å². The van der Waals surface area contributed by atoms with E-state index in [4.69, 9.17) is 0 Å². The molecule has 4 heteroatoms. The largest absolute Gasteiger partial charge is 0.423 e. The van der Waals surface area contributed by atoms with Crippen LogP contribution in [-0.4, -0.2) is 11.3 Å². The molecular weight excluding hydrogens is 289 g/mol. The molecule has 1 N–H and O–H groups in total. The van der Waals surface area contributed by atoms with Gasteiger partial charge in [-0.25, -0.2) is 0 Å². The third-order valence-electron chi connectivity index (χ3n) is 2.89. The summed E-state index contributed by atoms with van der Waals surface area (Å²) in [6.45, 7) is 0. The van der Waals surface area contributed by atoms with E-state index >= 15 is 0 Å². The molecule has 0 aliphatic rings. The van der Waals surface area contributed by atoms with Gasteiger partial charge in [-0.3, -0.25) is 0 Å². The molecule has 0 aliphatic carbocycles. The average Bonchev–Trinajstić information content (AvgIpc) is 2.52. The van der Waals surface area contributed by atoms with E-state index in [0.29, 0.717) is 11.1 Å². The number of benzene rings is 2. The summed E-state index contributed by atoms with van der Waals surface area (Å²) in [5.74, 6) is 4.56. The SMILES string of the molecule is OC(/C=C(\C#Cc1ccccc1)C(F)(F)F)c1ccccc1. The molecule has 0 radical (unpaired) electrons. The van der Waals surface area contributed by atoms with Crippen LogP contribution >= 0.6 is 0 Å². The van der Waals surface area contributed by atoms with Crippen LogP contribution in [0.15, 0.2) is 72.3 Å². The van der Waals surface area contributed by atoms with Crippen LogP contribution in [-0.2, 0) is 0 Å². The molecule has 2 aromatic rings. The number of hydrogen-bond acceptors (Lipinski definition) is 1. The smallest absolute Gasteiger partial charge is 0.384 e. The van der Waals surface area contributed by atoms with Crippen molar-refractivity contribution in [2.45, 2.75) is 12.3 Å². The predicted molar refractivity (Wildman–Crippen MR) is 78.9 cm³/mol. The van der Waals surface area contributed by atoms with Crippen LogP contribution in [0.25, 0.3) is 0 Å². The maximum Gasteiger partial charge on any atom is 0.423 e. The van der Waals surface area contributed by atoms with Gasteiger partial charge in [-0.1, -0.05) is 60.4 Å². The predicted octanol–water partition coefficient (Wildman–Crippen LogP) is 4.26. The Labute approximate surface area is 126 Å². The quantitative estimate of drug-likeness (QED) is 0.822. The van der Waals surface area contributed by atoms with Crippen LogP contribution in [0.5, 0.6) is 0 Å². The van der Waals surface area contributed by atoms with Crippen LogP contribution < -0.4 is 0 Å². The van der Waals surface area contributed by atoms with Crippen LogP contribution in [0.2, 0.25) is 0 Å². The summed E-state index contributed by atoms with van der Waals surface area (Å²) in [7, 11) is 0. The van der Waals surface area contributed by atoms with Crippen LogP contribution in [0.1, 0.15) is 17.2 Å². The molecule has 0 spiro atoms. The normalized spacial score (nSPS) is 13.2. The highest BCUT2D eigenvalue weighted by Crippen LogP contribution is 2.28. The van der Waals surface area contributed by atoms with Crippen molar-refractivity contribution in [3.8, 4) is 11.8 Å². The zero-order valence-electron chi connectivity index (χ0n) is 11.5. The molecule has 22 heavy (non-hydrogen) atoms. The van der Waals surface area contributed by atoms with Gasteiger partial charge < -0.3 is 5.11 Å². The summed E-state index contributed by atoms with van der Waals surface area (Å²) < 4.78 is 39.1. The third kappa shape index (κ3) is 4.51. The maximum atomic E-state index is 13.0. The second-order valence-electron chi connectivity index (χ2n) is 4.55. The number of halogens is 3. The second-order valence-corrected chi connectivity index (χ2v) is 4.55. The van der Waals surface area contributed by atoms with E-state index in [1.165, 1.54) is 0 Å². The molecule has 0 fully saturated rings. The number of allylic oxidation sites excluding steroid dienone is 1. The topological polar surface area (TPSA) is 20.2 Å². The van der Waals surface area contributed by atoms with E-state index in [0.717, 1.165) is 6.08 Å². The molecular formula is C18H13F3O. The van der Waals surface area contributed by atoms with Gasteiger partial charge >= 0.3 is 6.18 Å². The van der Waals surface area contributed by atoms with Crippen molar-refractivity contribution in [1.29, 1.82) is 0 Å². The first-order valence-corrected chi connectivity index (χ1v) is 6.56. The van der Waals surface area contributed by atoms with Gasteiger partial charge in [-0.15, -0.1) is 0 Å². The zero-order chi connectivity index (χ0) is 16.0. The maximum absolute atomic E-state index is 13.0. The van der Waals surface area contributed by atoms with Gasteiger partial charge in [0.05, 0.1) is 6.10 Å². The first kappa shape index (κ1) is 15.9. The van der Waals surface area contributed by atoms with Crippen molar-refractivity contribution in [3.05, 3.63) is 83.4 Å². The third-order valence-corrected chi connectivity index (χ3v) is 2.89. The molecule has 0 aliphatic heterocycles. The number of hydrogen-bond donors (Lipinski definition) is 1. The molecule has 2 aromatic carbocycles. The van der Waals surface area contributed by atoms with Crippen LogP contribution in [0.4, 0.5) is 13.2 Å². The molecule has 0 heterocycles. The standard InChI is InChI=1S/C18H13F3O/c19-18(20,21)16(12-11-14-7-3-1-4-8-14)13-17(22)15-9-5-2-6-10-15/h1-10,13,17,22H/b16-13+. The van der Waals surface area contributed by atoms with Gasteiger partial charge in [0.15, 0.2) is 0 Å². The number of aliphatic hydroxyl groups excluding tert-OH is 1. The van der Waals surface area contributed by atoms with E-state index in [9.17, 15) is 18.3 Å². The molecule has 0 aromatic heterocycles. The Bertz CT molecular complexity index is 692. The lowest BCUT2D eigenvalue weighted by Crippen LogP contribution is -2.12. The first-order chi connectivity index (χ1) is 10.5. The van der Waals surface area contributed by atoms with E-state index in [2.05, 4.69) is 11.8 Å². The fourth-order valence-electron chi connectivity index (χ4n) is 1.77. The van der Waals surface area contributed by atoms with Crippen LogP contribution in [0, 0.1) is 11.8 Å². The average molecular weight is 302 g/mol. The van der Waals surface area contributed by atoms with Gasteiger partial charge in [0.2, 0.25) is 0 Å². The summed E-state index contributed by atoms with van der Waals surface area (Å²) in [5.41, 5.74) is -0.203. The highest BCUT2D eigenvalue weighted by Gasteiger charge is 2.33. The molecule has 1 nitrogen and oxygen atoms in total. The Kier molecular flexibility index (Phi) is 5.03. The highest BCUT2D eigenvalue weighted by molar-refractivity contribution is 5.43. The van der Waals surface area contributed by atoms with Crippen LogP contribution in [0.3, 0.4) is 0 Å². The van der Waals surface area contributed by atoms with Gasteiger partial charge in [0, 0.05) is 5.56 Å². The fourth-order valence-corrected chi connectivity index (χ4v) is 1.77. The van der Waals surface area contributed by atoms with Crippen molar-refractivity contribution in [1.82, 2.24) is 0 Å². The van der Waals surface area contributed by atoms with Crippen molar-refractivity contribution in [2.24, 2.45) is 0 Å². The van der Waals surface area contributed by atoms with Crippen molar-refractivity contribution in [3.63, 3.8) is 0 Å². The van der Waals surface area contributed by atoms with E-state index < -0.39 is 17.9 Å². The monoisotopic (exact) mass is 302 g/mol. The first-order valence-electron chi connectivity index (χ1n) is 6.56. The minimum absolute atomic E-state index is 0.380. The molecule has 0 bridgehead atoms. The Balaban J connectivity index is 2.32. The summed E-state index contributed by atoms with van der Waals surface area (Å²) >= 11 is 0. The minimum atomic E-state index is -4.61. The molecule has 0 saturated carbocycles. The minimum Gasteiger partial charge on any atom is -0.384 e. The molecule has 0 saturated heterocycles. The summed E-state index contributed by atoms with van der Waals surface area (Å²) in [6, 6.07) is 16.5. The lowest BCUT2D eigenvalue weighted by Gasteiger charge is -2.10. The number of aliphatic hydroxyl groups is 1. The fraction of sp³-hybridized carbons (Fsp3) is 0.111. The number of rotatable bonds is 2. The van der Waals surface area contributed by atoms with E-state index in [1.54, 1.807) is 60.7 Å². The Morgan fingerprint density at radius 1 is 0.955 bits per heavy atom. The summed E-state index contributed by atoms with van der Waals surface area (Å²) in [6.07, 6.45) is -5.24. The van der Waals surface area contributed by atoms with Crippen molar-refractivity contribution in [2.75, 3.05) is 0 Å². The van der Waals surface area contributed by atoms with Gasteiger partial charge in [0.1, 0.15) is 5.57 Å². The van der Waals surface area contributed by atoms with E-state index in [-0.39, 0.29) is 0 Å². The van der Waals surface area contributed by atoms with Crippen molar-refractivity contribution >= 4 is 0 Å². The Morgan fingerprint density at radius 3 is 2.05 bits per heavy atom. The van der Waals surface area contributed by atoms with Gasteiger partial charge in [0.25, 0.3) is 0 Å². The summed E-state index contributed by atoms with van der Waals surface area (Å²) in [5, 5.41) is 9.91. The van der Waals surface area contributed by atoms with Gasteiger partial charge in [-0.05, 0) is 23.8 Å². The van der Waals surface area contributed by atoms with Crippen molar-refractivity contribution < 1.29 is 18.3 Å². The molecule has 1 unspecified atom stereocenters. The molecule has 1 atom stereocenters. The summed E-state index contributed by atoms with van der Waals surface area (Å²) in [4.78, 5) is 0. The second kappa shape index (κ2) is 6.97. The highest BCUT2D eigenvalue weighted by atomic mass is 19.4. The molecule has 112 valence electrons. The molecule has 2 rings (SSSR count). The Hall–Kier alpha value is -2.51. The Morgan fingerprint density at radius 2 is 1.50 bits per heavy atom.